The Morgan fingerprint density at radius 1 is 1.23 bits per heavy atom. The minimum Gasteiger partial charge on any atom is -1.00 e. The van der Waals surface area contributed by atoms with E-state index in [4.69, 9.17) is 0 Å². The number of nitro benzene ring substituents is 1. The summed E-state index contributed by atoms with van der Waals surface area (Å²) >= 11 is 0. The quantitative estimate of drug-likeness (QED) is 0.301. The van der Waals surface area contributed by atoms with Crippen LogP contribution in [0.3, 0.4) is 0 Å². The fourth-order valence-corrected chi connectivity index (χ4v) is 1.90. The Hall–Kier alpha value is -2.47. The number of ketones is 1. The molecule has 0 aliphatic rings. The number of halogens is 1. The lowest BCUT2D eigenvalue weighted by Crippen LogP contribution is -3.00. The van der Waals surface area contributed by atoms with E-state index >= 15 is 0 Å². The molecular formula is C15H16ClN3O3. The summed E-state index contributed by atoms with van der Waals surface area (Å²) in [7, 11) is 3.88. The lowest BCUT2D eigenvalue weighted by atomic mass is 10.1. The van der Waals surface area contributed by atoms with Crippen molar-refractivity contribution >= 4 is 17.2 Å². The molecule has 0 saturated heterocycles. The average Bonchev–Trinajstić information content (AvgIpc) is 2.48. The Morgan fingerprint density at radius 2 is 1.86 bits per heavy atom. The van der Waals surface area contributed by atoms with Crippen molar-refractivity contribution in [3.05, 3.63) is 64.5 Å². The van der Waals surface area contributed by atoms with Gasteiger partial charge in [-0.3, -0.25) is 14.9 Å². The highest BCUT2D eigenvalue weighted by Gasteiger charge is 2.15. The lowest BCUT2D eigenvalue weighted by molar-refractivity contribution is -0.683. The third-order valence-corrected chi connectivity index (χ3v) is 3.10. The number of hydrogen-bond acceptors (Lipinski definition) is 4. The van der Waals surface area contributed by atoms with Gasteiger partial charge in [-0.1, -0.05) is 12.1 Å². The highest BCUT2D eigenvalue weighted by Crippen LogP contribution is 2.13. The molecule has 0 radical (unpaired) electrons. The summed E-state index contributed by atoms with van der Waals surface area (Å²) in [6, 6.07) is 9.59. The predicted molar refractivity (Wildman–Crippen MR) is 78.4 cm³/mol. The second-order valence-corrected chi connectivity index (χ2v) is 4.85. The van der Waals surface area contributed by atoms with Gasteiger partial charge in [0.2, 0.25) is 12.3 Å². The van der Waals surface area contributed by atoms with Crippen LogP contribution in [0.2, 0.25) is 0 Å². The van der Waals surface area contributed by atoms with Gasteiger partial charge < -0.3 is 17.3 Å². The van der Waals surface area contributed by atoms with Crippen LogP contribution in [0.15, 0.2) is 48.8 Å². The fraction of sp³-hybridized carbons (Fsp3) is 0.200. The van der Waals surface area contributed by atoms with Gasteiger partial charge in [0.1, 0.15) is 0 Å². The number of aromatic nitrogens is 1. The first-order chi connectivity index (χ1) is 9.97. The maximum atomic E-state index is 12.2. The minimum atomic E-state index is -0.504. The SMILES string of the molecule is CN(C)c1cc[n+](CC(=O)c2cccc([N+](=O)[O-])c2)cc1.[Cl-]. The zero-order chi connectivity index (χ0) is 15.4. The number of carbonyl (C=O) groups excluding carboxylic acids is 1. The number of nitrogens with zero attached hydrogens (tertiary/aromatic N) is 3. The first-order valence-electron chi connectivity index (χ1n) is 6.41. The predicted octanol–water partition coefficient (Wildman–Crippen LogP) is -1.16. The molecule has 0 atom stereocenters. The van der Waals surface area contributed by atoms with Crippen molar-refractivity contribution in [2.24, 2.45) is 0 Å². The Balaban J connectivity index is 0.00000242. The number of carbonyl (C=O) groups is 1. The number of pyridine rings is 1. The number of anilines is 1. The van der Waals surface area contributed by atoms with Crippen molar-refractivity contribution < 1.29 is 26.7 Å². The van der Waals surface area contributed by atoms with E-state index in [-0.39, 0.29) is 30.4 Å². The van der Waals surface area contributed by atoms with Crippen molar-refractivity contribution in [3.8, 4) is 0 Å². The summed E-state index contributed by atoms with van der Waals surface area (Å²) < 4.78 is 1.74. The number of Topliss-reactive ketones (excluding diaryl/α,β-unsaturated/α-hetero) is 1. The molecule has 0 amide bonds. The molecular weight excluding hydrogens is 306 g/mol. The number of non-ortho nitro benzene ring substituents is 1. The van der Waals surface area contributed by atoms with Crippen LogP contribution < -0.4 is 21.9 Å². The van der Waals surface area contributed by atoms with Gasteiger partial charge in [0.25, 0.3) is 5.69 Å². The first-order valence-corrected chi connectivity index (χ1v) is 6.41. The molecule has 0 N–H and O–H groups in total. The van der Waals surface area contributed by atoms with Gasteiger partial charge in [0.05, 0.1) is 4.92 Å². The molecule has 0 aliphatic heterocycles. The Morgan fingerprint density at radius 3 is 2.41 bits per heavy atom. The van der Waals surface area contributed by atoms with Crippen molar-refractivity contribution in [3.63, 3.8) is 0 Å². The molecule has 2 aromatic rings. The van der Waals surface area contributed by atoms with Crippen molar-refractivity contribution in [1.82, 2.24) is 0 Å². The van der Waals surface area contributed by atoms with Gasteiger partial charge in [-0.25, -0.2) is 0 Å². The van der Waals surface area contributed by atoms with Crippen LogP contribution in [0, 0.1) is 10.1 Å². The monoisotopic (exact) mass is 321 g/mol. The second kappa shape index (κ2) is 7.51. The Kier molecular flexibility index (Phi) is 6.00. The third kappa shape index (κ3) is 4.26. The Bertz CT molecular complexity index is 672. The van der Waals surface area contributed by atoms with Crippen LogP contribution in [-0.2, 0) is 6.54 Å². The van der Waals surface area contributed by atoms with E-state index < -0.39 is 4.92 Å². The molecule has 6 nitrogen and oxygen atoms in total. The first kappa shape index (κ1) is 17.6. The molecule has 2 rings (SSSR count). The summed E-state index contributed by atoms with van der Waals surface area (Å²) in [5.74, 6) is -0.165. The summed E-state index contributed by atoms with van der Waals surface area (Å²) in [6.45, 7) is 0.148. The second-order valence-electron chi connectivity index (χ2n) is 4.85. The maximum absolute atomic E-state index is 12.2. The van der Waals surface area contributed by atoms with Gasteiger partial charge >= 0.3 is 0 Å². The molecule has 1 aromatic carbocycles. The highest BCUT2D eigenvalue weighted by atomic mass is 35.5. The van der Waals surface area contributed by atoms with Crippen molar-refractivity contribution in [2.75, 3.05) is 19.0 Å². The van der Waals surface area contributed by atoms with Crippen molar-refractivity contribution in [1.29, 1.82) is 0 Å². The summed E-state index contributed by atoms with van der Waals surface area (Å²) in [6.07, 6.45) is 3.62. The van der Waals surface area contributed by atoms with Gasteiger partial charge in [0.15, 0.2) is 12.4 Å². The largest absolute Gasteiger partial charge is 1.00 e. The smallest absolute Gasteiger partial charge is 0.270 e. The van der Waals surface area contributed by atoms with E-state index in [2.05, 4.69) is 0 Å². The summed E-state index contributed by atoms with van der Waals surface area (Å²) in [4.78, 5) is 24.3. The number of rotatable bonds is 5. The molecule has 0 aliphatic carbocycles. The van der Waals surface area contributed by atoms with E-state index in [1.807, 2.05) is 43.5 Å². The third-order valence-electron chi connectivity index (χ3n) is 3.10. The fourth-order valence-electron chi connectivity index (χ4n) is 1.90. The highest BCUT2D eigenvalue weighted by molar-refractivity contribution is 5.95. The molecule has 22 heavy (non-hydrogen) atoms. The maximum Gasteiger partial charge on any atom is 0.270 e. The van der Waals surface area contributed by atoms with E-state index in [1.54, 1.807) is 10.6 Å². The number of nitro groups is 1. The van der Waals surface area contributed by atoms with E-state index in [0.29, 0.717) is 5.56 Å². The number of benzene rings is 1. The molecule has 0 saturated carbocycles. The molecule has 0 spiro atoms. The summed E-state index contributed by atoms with van der Waals surface area (Å²) in [5.41, 5.74) is 1.30. The van der Waals surface area contributed by atoms with E-state index in [0.717, 1.165) is 5.69 Å². The van der Waals surface area contributed by atoms with Crippen LogP contribution in [0.4, 0.5) is 11.4 Å². The average molecular weight is 322 g/mol. The zero-order valence-electron chi connectivity index (χ0n) is 12.3. The van der Waals surface area contributed by atoms with Gasteiger partial charge in [0, 0.05) is 49.6 Å². The normalized spacial score (nSPS) is 9.73. The van der Waals surface area contributed by atoms with Crippen LogP contribution in [0.25, 0.3) is 0 Å². The standard InChI is InChI=1S/C15H16N3O3.ClH/c1-16(2)13-6-8-17(9-7-13)11-15(19)12-4-3-5-14(10-12)18(20)21;/h3-10H,11H2,1-2H3;1H/q+1;/p-1. The Labute approximate surface area is 134 Å². The number of hydrogen-bond donors (Lipinski definition) is 0. The van der Waals surface area contributed by atoms with Crippen LogP contribution in [0.1, 0.15) is 10.4 Å². The summed E-state index contributed by atoms with van der Waals surface area (Å²) in [5, 5.41) is 10.7. The molecule has 0 unspecified atom stereocenters. The minimum absolute atomic E-state index is 0. The topological polar surface area (TPSA) is 67.3 Å². The van der Waals surface area contributed by atoms with Gasteiger partial charge in [-0.05, 0) is 0 Å². The molecule has 7 heteroatoms. The van der Waals surface area contributed by atoms with E-state index in [1.165, 1.54) is 18.2 Å². The van der Waals surface area contributed by atoms with Crippen LogP contribution in [-0.4, -0.2) is 24.8 Å². The lowest BCUT2D eigenvalue weighted by Gasteiger charge is -2.10. The molecule has 1 heterocycles. The molecule has 0 fully saturated rings. The van der Waals surface area contributed by atoms with Crippen LogP contribution >= 0.6 is 0 Å². The zero-order valence-corrected chi connectivity index (χ0v) is 13.0. The van der Waals surface area contributed by atoms with Gasteiger partial charge in [-0.2, -0.15) is 4.57 Å². The molecule has 1 aromatic heterocycles. The van der Waals surface area contributed by atoms with Crippen LogP contribution in [0.5, 0.6) is 0 Å². The van der Waals surface area contributed by atoms with Crippen molar-refractivity contribution in [2.45, 2.75) is 6.54 Å². The molecule has 0 bridgehead atoms. The van der Waals surface area contributed by atoms with E-state index in [9.17, 15) is 14.9 Å². The van der Waals surface area contributed by atoms with Gasteiger partial charge in [-0.15, -0.1) is 0 Å². The molecule has 116 valence electrons.